The van der Waals surface area contributed by atoms with Crippen LogP contribution in [0.5, 0.6) is 0 Å². The third kappa shape index (κ3) is 4.83. The predicted octanol–water partition coefficient (Wildman–Crippen LogP) is 2.60. The molecular weight excluding hydrogens is 368 g/mol. The SMILES string of the molecule is Cc1nccc(-c2ccc(-c3noc(CNCCCN4CCCC4=O)n3)cc2)n1. The van der Waals surface area contributed by atoms with Crippen LogP contribution in [0.2, 0.25) is 0 Å². The van der Waals surface area contributed by atoms with Crippen molar-refractivity contribution in [3.05, 3.63) is 48.2 Å². The fourth-order valence-electron chi connectivity index (χ4n) is 3.38. The molecule has 0 radical (unpaired) electrons. The summed E-state index contributed by atoms with van der Waals surface area (Å²) < 4.78 is 5.34. The van der Waals surface area contributed by atoms with Crippen molar-refractivity contribution in [3.63, 3.8) is 0 Å². The van der Waals surface area contributed by atoms with E-state index in [9.17, 15) is 4.79 Å². The van der Waals surface area contributed by atoms with Crippen LogP contribution in [-0.4, -0.2) is 50.5 Å². The zero-order valence-corrected chi connectivity index (χ0v) is 16.5. The van der Waals surface area contributed by atoms with E-state index >= 15 is 0 Å². The van der Waals surface area contributed by atoms with Crippen molar-refractivity contribution in [2.45, 2.75) is 32.7 Å². The van der Waals surface area contributed by atoms with E-state index in [4.69, 9.17) is 4.52 Å². The molecule has 1 aromatic carbocycles. The van der Waals surface area contributed by atoms with Gasteiger partial charge in [0.1, 0.15) is 5.82 Å². The number of benzene rings is 1. The maximum atomic E-state index is 11.6. The summed E-state index contributed by atoms with van der Waals surface area (Å²) >= 11 is 0. The van der Waals surface area contributed by atoms with Gasteiger partial charge in [-0.05, 0) is 32.4 Å². The van der Waals surface area contributed by atoms with E-state index in [-0.39, 0.29) is 5.91 Å². The Balaban J connectivity index is 1.28. The first-order valence-corrected chi connectivity index (χ1v) is 9.90. The van der Waals surface area contributed by atoms with Crippen LogP contribution in [0.1, 0.15) is 31.0 Å². The molecule has 150 valence electrons. The highest BCUT2D eigenvalue weighted by Crippen LogP contribution is 2.22. The van der Waals surface area contributed by atoms with E-state index in [2.05, 4.69) is 25.4 Å². The number of nitrogens with one attached hydrogen (secondary N) is 1. The molecule has 4 rings (SSSR count). The standard InChI is InChI=1S/C21H24N6O2/c1-15-23-11-9-18(24-15)16-5-7-17(8-6-16)21-25-19(29-26-21)14-22-10-3-13-27-12-2-4-20(27)28/h5-9,11,22H,2-4,10,12-14H2,1H3. The van der Waals surface area contributed by atoms with Crippen LogP contribution in [0.15, 0.2) is 41.1 Å². The first-order valence-electron chi connectivity index (χ1n) is 9.90. The van der Waals surface area contributed by atoms with Gasteiger partial charge in [0.15, 0.2) is 0 Å². The van der Waals surface area contributed by atoms with Crippen molar-refractivity contribution < 1.29 is 9.32 Å². The molecule has 0 unspecified atom stereocenters. The topological polar surface area (TPSA) is 97.0 Å². The number of amides is 1. The molecule has 1 aliphatic heterocycles. The summed E-state index contributed by atoms with van der Waals surface area (Å²) in [5.74, 6) is 2.13. The average molecular weight is 392 g/mol. The first-order chi connectivity index (χ1) is 14.2. The largest absolute Gasteiger partial charge is 0.343 e. The minimum atomic E-state index is 0.271. The average Bonchev–Trinajstić information content (AvgIpc) is 3.37. The molecule has 2 aromatic heterocycles. The Morgan fingerprint density at radius 3 is 2.72 bits per heavy atom. The second-order valence-corrected chi connectivity index (χ2v) is 7.09. The number of nitrogens with zero attached hydrogens (tertiary/aromatic N) is 5. The monoisotopic (exact) mass is 392 g/mol. The molecule has 29 heavy (non-hydrogen) atoms. The summed E-state index contributed by atoms with van der Waals surface area (Å²) in [5, 5.41) is 7.36. The molecule has 0 atom stereocenters. The third-order valence-electron chi connectivity index (χ3n) is 4.91. The smallest absolute Gasteiger partial charge is 0.240 e. The summed E-state index contributed by atoms with van der Waals surface area (Å²) in [6.45, 7) is 4.88. The lowest BCUT2D eigenvalue weighted by atomic mass is 10.1. The summed E-state index contributed by atoms with van der Waals surface area (Å²) in [4.78, 5) is 26.5. The summed E-state index contributed by atoms with van der Waals surface area (Å²) in [7, 11) is 0. The normalized spacial score (nSPS) is 14.0. The molecule has 0 aliphatic carbocycles. The van der Waals surface area contributed by atoms with Crippen molar-refractivity contribution >= 4 is 5.91 Å². The summed E-state index contributed by atoms with van der Waals surface area (Å²) in [5.41, 5.74) is 2.79. The molecule has 1 aliphatic rings. The van der Waals surface area contributed by atoms with Gasteiger partial charge in [0, 0.05) is 36.8 Å². The van der Waals surface area contributed by atoms with Gasteiger partial charge in [0.05, 0.1) is 12.2 Å². The maximum Gasteiger partial charge on any atom is 0.240 e. The Morgan fingerprint density at radius 1 is 1.14 bits per heavy atom. The fraction of sp³-hybridized carbons (Fsp3) is 0.381. The zero-order chi connectivity index (χ0) is 20.1. The molecule has 8 heteroatoms. The molecule has 0 spiro atoms. The number of aromatic nitrogens is 4. The zero-order valence-electron chi connectivity index (χ0n) is 16.5. The number of aryl methyl sites for hydroxylation is 1. The Labute approximate surface area is 169 Å². The minimum Gasteiger partial charge on any atom is -0.343 e. The minimum absolute atomic E-state index is 0.271. The predicted molar refractivity (Wildman–Crippen MR) is 108 cm³/mol. The Kier molecular flexibility index (Phi) is 5.90. The van der Waals surface area contributed by atoms with Crippen molar-refractivity contribution in [1.29, 1.82) is 0 Å². The van der Waals surface area contributed by atoms with E-state index in [0.717, 1.165) is 55.1 Å². The number of likely N-dealkylation sites (tertiary alicyclic amines) is 1. The van der Waals surface area contributed by atoms with Crippen LogP contribution in [0.25, 0.3) is 22.6 Å². The van der Waals surface area contributed by atoms with Crippen LogP contribution >= 0.6 is 0 Å². The first kappa shape index (κ1) is 19.2. The van der Waals surface area contributed by atoms with Crippen LogP contribution < -0.4 is 5.32 Å². The maximum absolute atomic E-state index is 11.6. The van der Waals surface area contributed by atoms with E-state index in [0.29, 0.717) is 24.7 Å². The summed E-state index contributed by atoms with van der Waals surface area (Å²) in [6, 6.07) is 9.79. The van der Waals surface area contributed by atoms with Crippen LogP contribution in [0.4, 0.5) is 0 Å². The Hall–Kier alpha value is -3.13. The van der Waals surface area contributed by atoms with Gasteiger partial charge in [0.25, 0.3) is 0 Å². The molecule has 3 heterocycles. The van der Waals surface area contributed by atoms with Gasteiger partial charge in [0.2, 0.25) is 17.6 Å². The highest BCUT2D eigenvalue weighted by atomic mass is 16.5. The molecule has 0 bridgehead atoms. The van der Waals surface area contributed by atoms with Gasteiger partial charge in [-0.1, -0.05) is 29.4 Å². The van der Waals surface area contributed by atoms with Gasteiger partial charge in [-0.15, -0.1) is 0 Å². The van der Waals surface area contributed by atoms with Crippen LogP contribution in [0, 0.1) is 6.92 Å². The second kappa shape index (κ2) is 8.91. The number of hydrogen-bond donors (Lipinski definition) is 1. The molecule has 1 N–H and O–H groups in total. The number of hydrogen-bond acceptors (Lipinski definition) is 7. The molecule has 8 nitrogen and oxygen atoms in total. The van der Waals surface area contributed by atoms with Crippen molar-refractivity contribution in [1.82, 2.24) is 30.3 Å². The van der Waals surface area contributed by atoms with E-state index in [1.165, 1.54) is 0 Å². The highest BCUT2D eigenvalue weighted by molar-refractivity contribution is 5.78. The highest BCUT2D eigenvalue weighted by Gasteiger charge is 2.18. The van der Waals surface area contributed by atoms with Gasteiger partial charge in [-0.25, -0.2) is 9.97 Å². The van der Waals surface area contributed by atoms with Crippen molar-refractivity contribution in [2.75, 3.05) is 19.6 Å². The number of carbonyl (C=O) groups is 1. The van der Waals surface area contributed by atoms with Crippen LogP contribution in [0.3, 0.4) is 0 Å². The van der Waals surface area contributed by atoms with E-state index in [1.54, 1.807) is 6.20 Å². The van der Waals surface area contributed by atoms with Gasteiger partial charge >= 0.3 is 0 Å². The lowest BCUT2D eigenvalue weighted by Crippen LogP contribution is -2.28. The van der Waals surface area contributed by atoms with Crippen molar-refractivity contribution in [2.24, 2.45) is 0 Å². The molecule has 1 amide bonds. The fourth-order valence-corrected chi connectivity index (χ4v) is 3.38. The summed E-state index contributed by atoms with van der Waals surface area (Å²) in [6.07, 6.45) is 4.35. The second-order valence-electron chi connectivity index (χ2n) is 7.09. The molecule has 3 aromatic rings. The number of carbonyl (C=O) groups excluding carboxylic acids is 1. The Morgan fingerprint density at radius 2 is 1.97 bits per heavy atom. The number of rotatable bonds is 8. The Bertz CT molecular complexity index is 969. The van der Waals surface area contributed by atoms with Gasteiger partial charge < -0.3 is 14.7 Å². The molecule has 1 fully saturated rings. The lowest BCUT2D eigenvalue weighted by molar-refractivity contribution is -0.127. The van der Waals surface area contributed by atoms with Gasteiger partial charge in [-0.3, -0.25) is 4.79 Å². The van der Waals surface area contributed by atoms with Crippen LogP contribution in [-0.2, 0) is 11.3 Å². The van der Waals surface area contributed by atoms with E-state index < -0.39 is 0 Å². The third-order valence-corrected chi connectivity index (χ3v) is 4.91. The van der Waals surface area contributed by atoms with E-state index in [1.807, 2.05) is 42.2 Å². The quantitative estimate of drug-likeness (QED) is 0.589. The lowest BCUT2D eigenvalue weighted by Gasteiger charge is -2.14. The molecule has 0 saturated carbocycles. The van der Waals surface area contributed by atoms with Gasteiger partial charge in [-0.2, -0.15) is 4.98 Å². The molecule has 1 saturated heterocycles. The molecular formula is C21H24N6O2. The van der Waals surface area contributed by atoms with Crippen molar-refractivity contribution in [3.8, 4) is 22.6 Å².